The molecule has 17 heavy (non-hydrogen) atoms. The molecule has 0 heterocycles. The topological polar surface area (TPSA) is 44.0 Å². The highest BCUT2D eigenvalue weighted by molar-refractivity contribution is 5.31. The van der Waals surface area contributed by atoms with E-state index in [9.17, 15) is 14.8 Å². The van der Waals surface area contributed by atoms with E-state index in [1.54, 1.807) is 25.1 Å². The van der Waals surface area contributed by atoms with E-state index < -0.39 is 16.8 Å². The van der Waals surface area contributed by atoms with Gasteiger partial charge in [-0.05, 0) is 25.3 Å². The molecule has 1 unspecified atom stereocenters. The van der Waals surface area contributed by atoms with Gasteiger partial charge in [-0.25, -0.2) is 4.39 Å². The Labute approximate surface area is 101 Å². The fraction of sp³-hybridized carbons (Fsp3) is 0.500. The molecule has 1 saturated carbocycles. The largest absolute Gasteiger partial charge is 0.383 e. The summed E-state index contributed by atoms with van der Waals surface area (Å²) in [5, 5.41) is 20.1. The lowest BCUT2D eigenvalue weighted by molar-refractivity contribution is -0.105. The molecule has 2 rings (SSSR count). The molecule has 1 fully saturated rings. The normalized spacial score (nSPS) is 21.1. The van der Waals surface area contributed by atoms with Gasteiger partial charge in [0.1, 0.15) is 11.4 Å². The van der Waals surface area contributed by atoms with Crippen molar-refractivity contribution in [3.8, 4) is 6.07 Å². The summed E-state index contributed by atoms with van der Waals surface area (Å²) in [6.07, 6.45) is 2.55. The van der Waals surface area contributed by atoms with Crippen LogP contribution in [0.2, 0.25) is 0 Å². The van der Waals surface area contributed by atoms with Gasteiger partial charge in [0.2, 0.25) is 0 Å². The molecule has 3 heteroatoms. The highest BCUT2D eigenvalue weighted by atomic mass is 19.1. The number of nitrogens with zero attached hydrogens (tertiary/aromatic N) is 1. The standard InChI is InChI=1S/C14H16FNO/c1-2-14(17,13(10-16)8-5-9-13)11-6-3-4-7-12(11)15/h3-4,6-7,17H,2,5,8-9H2,1H3. The molecule has 0 radical (unpaired) electrons. The zero-order valence-electron chi connectivity index (χ0n) is 9.91. The maximum atomic E-state index is 13.8. The smallest absolute Gasteiger partial charge is 0.129 e. The summed E-state index contributed by atoms with van der Waals surface area (Å²) in [6, 6.07) is 8.42. The van der Waals surface area contributed by atoms with E-state index in [4.69, 9.17) is 0 Å². The first-order chi connectivity index (χ1) is 8.09. The van der Waals surface area contributed by atoms with Crippen LogP contribution in [-0.2, 0) is 5.60 Å². The molecule has 90 valence electrons. The lowest BCUT2D eigenvalue weighted by Gasteiger charge is -2.48. The molecule has 1 aromatic rings. The highest BCUT2D eigenvalue weighted by Gasteiger charge is 2.55. The second-order valence-corrected chi connectivity index (χ2v) is 4.74. The quantitative estimate of drug-likeness (QED) is 0.871. The zero-order valence-corrected chi connectivity index (χ0v) is 9.91. The maximum Gasteiger partial charge on any atom is 0.129 e. The average molecular weight is 233 g/mol. The van der Waals surface area contributed by atoms with E-state index in [0.717, 1.165) is 6.42 Å². The van der Waals surface area contributed by atoms with Gasteiger partial charge in [0, 0.05) is 5.56 Å². The molecule has 0 saturated heterocycles. The van der Waals surface area contributed by atoms with Crippen LogP contribution in [-0.4, -0.2) is 5.11 Å². The number of aliphatic hydroxyl groups is 1. The van der Waals surface area contributed by atoms with Crippen molar-refractivity contribution < 1.29 is 9.50 Å². The van der Waals surface area contributed by atoms with Crippen LogP contribution in [0.25, 0.3) is 0 Å². The monoisotopic (exact) mass is 233 g/mol. The Morgan fingerprint density at radius 2 is 2.12 bits per heavy atom. The predicted octanol–water partition coefficient (Wildman–Crippen LogP) is 3.12. The van der Waals surface area contributed by atoms with Crippen LogP contribution < -0.4 is 0 Å². The summed E-state index contributed by atoms with van der Waals surface area (Å²) in [5.74, 6) is -0.432. The Bertz CT molecular complexity index is 462. The fourth-order valence-corrected chi connectivity index (χ4v) is 2.73. The Morgan fingerprint density at radius 1 is 1.47 bits per heavy atom. The Kier molecular flexibility index (Phi) is 2.92. The molecular weight excluding hydrogens is 217 g/mol. The fourth-order valence-electron chi connectivity index (χ4n) is 2.73. The van der Waals surface area contributed by atoms with Crippen LogP contribution in [0.1, 0.15) is 38.2 Å². The molecule has 0 aliphatic heterocycles. The van der Waals surface area contributed by atoms with Crippen molar-refractivity contribution in [2.45, 2.75) is 38.2 Å². The van der Waals surface area contributed by atoms with Crippen molar-refractivity contribution >= 4 is 0 Å². The van der Waals surface area contributed by atoms with E-state index in [-0.39, 0.29) is 5.56 Å². The number of benzene rings is 1. The van der Waals surface area contributed by atoms with E-state index in [1.165, 1.54) is 6.07 Å². The van der Waals surface area contributed by atoms with Crippen molar-refractivity contribution in [3.63, 3.8) is 0 Å². The van der Waals surface area contributed by atoms with Gasteiger partial charge < -0.3 is 5.11 Å². The van der Waals surface area contributed by atoms with Gasteiger partial charge in [0.25, 0.3) is 0 Å². The Balaban J connectivity index is 2.52. The van der Waals surface area contributed by atoms with Crippen molar-refractivity contribution in [3.05, 3.63) is 35.6 Å². The molecular formula is C14H16FNO. The lowest BCUT2D eigenvalue weighted by Crippen LogP contribution is -2.49. The van der Waals surface area contributed by atoms with Gasteiger partial charge in [0.15, 0.2) is 0 Å². The number of rotatable bonds is 3. The third-order valence-electron chi connectivity index (χ3n) is 4.04. The minimum atomic E-state index is -1.37. The maximum absolute atomic E-state index is 13.8. The van der Waals surface area contributed by atoms with Gasteiger partial charge in [-0.3, -0.25) is 0 Å². The molecule has 0 amide bonds. The van der Waals surface area contributed by atoms with E-state index >= 15 is 0 Å². The van der Waals surface area contributed by atoms with E-state index in [0.29, 0.717) is 19.3 Å². The van der Waals surface area contributed by atoms with Crippen LogP contribution in [0.5, 0.6) is 0 Å². The summed E-state index contributed by atoms with van der Waals surface area (Å²) in [5.41, 5.74) is -1.93. The van der Waals surface area contributed by atoms with E-state index in [2.05, 4.69) is 6.07 Å². The number of nitriles is 1. The SMILES string of the molecule is CCC(O)(c1ccccc1F)C1(C#N)CCC1. The Hall–Kier alpha value is -1.40. The number of hydrogen-bond donors (Lipinski definition) is 1. The minimum Gasteiger partial charge on any atom is -0.383 e. The summed E-state index contributed by atoms with van der Waals surface area (Å²) in [4.78, 5) is 0. The molecule has 1 aliphatic rings. The highest BCUT2D eigenvalue weighted by Crippen LogP contribution is 2.55. The third-order valence-corrected chi connectivity index (χ3v) is 4.04. The van der Waals surface area contributed by atoms with Gasteiger partial charge in [-0.2, -0.15) is 5.26 Å². The van der Waals surface area contributed by atoms with Gasteiger partial charge >= 0.3 is 0 Å². The molecule has 1 N–H and O–H groups in total. The summed E-state index contributed by atoms with van der Waals surface area (Å²) in [6.45, 7) is 1.80. The first-order valence-electron chi connectivity index (χ1n) is 5.98. The van der Waals surface area contributed by atoms with Crippen LogP contribution >= 0.6 is 0 Å². The average Bonchev–Trinajstić information content (AvgIpc) is 2.28. The van der Waals surface area contributed by atoms with Crippen molar-refractivity contribution in [2.24, 2.45) is 5.41 Å². The molecule has 0 spiro atoms. The van der Waals surface area contributed by atoms with Crippen LogP contribution in [0.4, 0.5) is 4.39 Å². The van der Waals surface area contributed by atoms with Crippen LogP contribution in [0, 0.1) is 22.6 Å². The van der Waals surface area contributed by atoms with E-state index in [1.807, 2.05) is 0 Å². The minimum absolute atomic E-state index is 0.253. The lowest BCUT2D eigenvalue weighted by atomic mass is 9.56. The number of hydrogen-bond acceptors (Lipinski definition) is 2. The zero-order chi connectivity index (χ0) is 12.5. The van der Waals surface area contributed by atoms with Crippen molar-refractivity contribution in [1.82, 2.24) is 0 Å². The molecule has 2 nitrogen and oxygen atoms in total. The molecule has 1 aliphatic carbocycles. The first-order valence-corrected chi connectivity index (χ1v) is 5.98. The Morgan fingerprint density at radius 3 is 2.53 bits per heavy atom. The molecule has 1 aromatic carbocycles. The number of halogens is 1. The van der Waals surface area contributed by atoms with Crippen LogP contribution in [0.15, 0.2) is 24.3 Å². The van der Waals surface area contributed by atoms with Crippen molar-refractivity contribution in [2.75, 3.05) is 0 Å². The predicted molar refractivity (Wildman–Crippen MR) is 62.5 cm³/mol. The van der Waals surface area contributed by atoms with Gasteiger partial charge in [0.05, 0.1) is 11.5 Å². The molecule has 0 aromatic heterocycles. The van der Waals surface area contributed by atoms with Gasteiger partial charge in [-0.1, -0.05) is 31.5 Å². The van der Waals surface area contributed by atoms with Crippen LogP contribution in [0.3, 0.4) is 0 Å². The summed E-state index contributed by atoms with van der Waals surface area (Å²) >= 11 is 0. The summed E-state index contributed by atoms with van der Waals surface area (Å²) < 4.78 is 13.8. The van der Waals surface area contributed by atoms with Crippen molar-refractivity contribution in [1.29, 1.82) is 5.26 Å². The molecule has 0 bridgehead atoms. The van der Waals surface area contributed by atoms with Gasteiger partial charge in [-0.15, -0.1) is 0 Å². The second kappa shape index (κ2) is 4.12. The first kappa shape index (κ1) is 12.1. The third kappa shape index (κ3) is 1.56. The summed E-state index contributed by atoms with van der Waals surface area (Å²) in [7, 11) is 0. The molecule has 1 atom stereocenters. The second-order valence-electron chi connectivity index (χ2n) is 4.74.